The molecule has 0 saturated heterocycles. The summed E-state index contributed by atoms with van der Waals surface area (Å²) < 4.78 is 16.8. The molecule has 1 unspecified atom stereocenters. The number of esters is 3. The van der Waals surface area contributed by atoms with Crippen LogP contribution in [0.5, 0.6) is 0 Å². The molecule has 0 aliphatic rings. The van der Waals surface area contributed by atoms with Gasteiger partial charge in [-0.2, -0.15) is 0 Å². The van der Waals surface area contributed by atoms with Gasteiger partial charge in [0.1, 0.15) is 13.2 Å². The minimum Gasteiger partial charge on any atom is -0.462 e. The number of ether oxygens (including phenoxy) is 3. The zero-order valence-corrected chi connectivity index (χ0v) is 47.9. The molecule has 0 fully saturated rings. The SMILES string of the molecule is CC/C=C\C/C=C\C/C=C\C/C=C\C/C=C\C/C=C\CCC(=O)OC(COC(=O)CCCCCCC/C=C\CCCCCCCC)COC(=O)CCCCCCCCCCC/C=C\CCCCCCCCCC. The van der Waals surface area contributed by atoms with Crippen molar-refractivity contribution in [2.24, 2.45) is 0 Å². The van der Waals surface area contributed by atoms with Crippen LogP contribution in [0.2, 0.25) is 0 Å². The van der Waals surface area contributed by atoms with Gasteiger partial charge in [-0.15, -0.1) is 0 Å². The lowest BCUT2D eigenvalue weighted by Gasteiger charge is -2.18. The second-order valence-corrected chi connectivity index (χ2v) is 20.2. The molecule has 0 amide bonds. The van der Waals surface area contributed by atoms with E-state index in [4.69, 9.17) is 14.2 Å². The van der Waals surface area contributed by atoms with Crippen molar-refractivity contribution in [2.45, 2.75) is 297 Å². The summed E-state index contributed by atoms with van der Waals surface area (Å²) in [6.07, 6.45) is 81.3. The fourth-order valence-electron chi connectivity index (χ4n) is 8.46. The second-order valence-electron chi connectivity index (χ2n) is 20.2. The molecule has 0 aliphatic carbocycles. The maximum atomic E-state index is 12.9. The molecule has 0 heterocycles. The number of carbonyl (C=O) groups excluding carboxylic acids is 3. The smallest absolute Gasteiger partial charge is 0.306 e. The first-order chi connectivity index (χ1) is 36.0. The van der Waals surface area contributed by atoms with Gasteiger partial charge in [0.25, 0.3) is 0 Å². The van der Waals surface area contributed by atoms with Gasteiger partial charge >= 0.3 is 17.9 Å². The van der Waals surface area contributed by atoms with Crippen LogP contribution >= 0.6 is 0 Å². The van der Waals surface area contributed by atoms with Crippen molar-refractivity contribution in [1.82, 2.24) is 0 Å². The van der Waals surface area contributed by atoms with Crippen LogP contribution in [0.3, 0.4) is 0 Å². The Balaban J connectivity index is 4.48. The van der Waals surface area contributed by atoms with Crippen molar-refractivity contribution >= 4 is 17.9 Å². The van der Waals surface area contributed by atoms with E-state index >= 15 is 0 Å². The van der Waals surface area contributed by atoms with E-state index in [-0.39, 0.29) is 31.6 Å². The Morgan fingerprint density at radius 1 is 0.288 bits per heavy atom. The van der Waals surface area contributed by atoms with Crippen molar-refractivity contribution in [3.05, 3.63) is 97.2 Å². The standard InChI is InChI=1S/C67H114O6/c1-4-7-10-13-16-19-22-25-28-30-32-33-35-36-39-42-45-48-51-54-57-60-66(69)72-63-64(62-71-65(68)59-56-53-50-47-44-41-38-27-24-21-18-15-12-9-6-3)73-67(70)61-58-55-52-49-46-43-40-37-34-31-29-26-23-20-17-14-11-8-5-2/h8,11,17,20,26-27,29-30,32,34,37-38,43,46,52,55,64H,4-7,9-10,12-16,18-19,21-25,28,31,33,35-36,39-42,44-45,47-51,53-54,56-63H2,1-3H3/b11-8-,20-17-,29-26-,32-30-,37-34-,38-27-,46-43-,55-52-. The predicted octanol–water partition coefficient (Wildman–Crippen LogP) is 20.9. The van der Waals surface area contributed by atoms with Crippen molar-refractivity contribution in [3.63, 3.8) is 0 Å². The molecule has 73 heavy (non-hydrogen) atoms. The van der Waals surface area contributed by atoms with E-state index in [9.17, 15) is 14.4 Å². The summed E-state index contributed by atoms with van der Waals surface area (Å²) in [4.78, 5) is 38.2. The van der Waals surface area contributed by atoms with Crippen LogP contribution in [0.25, 0.3) is 0 Å². The monoisotopic (exact) mass is 1010 g/mol. The lowest BCUT2D eigenvalue weighted by Crippen LogP contribution is -2.30. The first-order valence-corrected chi connectivity index (χ1v) is 30.7. The Kier molecular flexibility index (Phi) is 57.8. The summed E-state index contributed by atoms with van der Waals surface area (Å²) in [5.74, 6) is -1.000. The number of allylic oxidation sites excluding steroid dienone is 16. The van der Waals surface area contributed by atoms with Crippen LogP contribution in [0.15, 0.2) is 97.2 Å². The number of unbranched alkanes of at least 4 members (excludes halogenated alkanes) is 28. The third-order valence-corrected chi connectivity index (χ3v) is 13.1. The minimum absolute atomic E-state index is 0.111. The quantitative estimate of drug-likeness (QED) is 0.0261. The minimum atomic E-state index is -0.824. The van der Waals surface area contributed by atoms with Gasteiger partial charge in [0.15, 0.2) is 6.10 Å². The van der Waals surface area contributed by atoms with Crippen LogP contribution in [-0.2, 0) is 28.6 Å². The van der Waals surface area contributed by atoms with Gasteiger partial charge in [0, 0.05) is 19.3 Å². The molecular formula is C67H114O6. The Bertz CT molecular complexity index is 1440. The van der Waals surface area contributed by atoms with Gasteiger partial charge in [-0.05, 0) is 109 Å². The van der Waals surface area contributed by atoms with Crippen LogP contribution in [0.1, 0.15) is 290 Å². The van der Waals surface area contributed by atoms with Crippen LogP contribution in [0, 0.1) is 0 Å². The van der Waals surface area contributed by atoms with E-state index in [0.717, 1.165) is 89.9 Å². The number of hydrogen-bond acceptors (Lipinski definition) is 6. The van der Waals surface area contributed by atoms with E-state index in [0.29, 0.717) is 19.3 Å². The zero-order valence-electron chi connectivity index (χ0n) is 47.9. The highest BCUT2D eigenvalue weighted by molar-refractivity contribution is 5.71. The molecule has 0 N–H and O–H groups in total. The molecule has 0 aliphatic heterocycles. The maximum Gasteiger partial charge on any atom is 0.306 e. The average Bonchev–Trinajstić information content (AvgIpc) is 3.39. The first-order valence-electron chi connectivity index (χ1n) is 30.7. The van der Waals surface area contributed by atoms with Gasteiger partial charge in [0.2, 0.25) is 0 Å². The third-order valence-electron chi connectivity index (χ3n) is 13.1. The molecule has 0 aromatic heterocycles. The van der Waals surface area contributed by atoms with Crippen molar-refractivity contribution in [3.8, 4) is 0 Å². The maximum absolute atomic E-state index is 12.9. The zero-order chi connectivity index (χ0) is 52.9. The van der Waals surface area contributed by atoms with Crippen LogP contribution < -0.4 is 0 Å². The van der Waals surface area contributed by atoms with Gasteiger partial charge in [-0.3, -0.25) is 14.4 Å². The average molecular weight is 1020 g/mol. The Morgan fingerprint density at radius 3 is 0.890 bits per heavy atom. The predicted molar refractivity (Wildman–Crippen MR) is 316 cm³/mol. The highest BCUT2D eigenvalue weighted by Crippen LogP contribution is 2.15. The lowest BCUT2D eigenvalue weighted by molar-refractivity contribution is -0.166. The fraction of sp³-hybridized carbons (Fsp3) is 0.716. The number of carbonyl (C=O) groups is 3. The summed E-state index contributed by atoms with van der Waals surface area (Å²) in [6, 6.07) is 0. The Hall–Kier alpha value is -3.67. The van der Waals surface area contributed by atoms with Crippen LogP contribution in [0.4, 0.5) is 0 Å². The fourth-order valence-corrected chi connectivity index (χ4v) is 8.46. The molecule has 1 atom stereocenters. The van der Waals surface area contributed by atoms with E-state index in [1.54, 1.807) is 0 Å². The lowest BCUT2D eigenvalue weighted by atomic mass is 10.1. The first kappa shape index (κ1) is 69.3. The summed E-state index contributed by atoms with van der Waals surface area (Å²) in [6.45, 7) is 6.47. The molecule has 6 nitrogen and oxygen atoms in total. The summed E-state index contributed by atoms with van der Waals surface area (Å²) in [5.41, 5.74) is 0. The van der Waals surface area contributed by atoms with Crippen molar-refractivity contribution in [1.29, 1.82) is 0 Å². The Labute approximate surface area is 451 Å². The van der Waals surface area contributed by atoms with E-state index in [2.05, 4.69) is 112 Å². The van der Waals surface area contributed by atoms with Crippen LogP contribution in [-0.4, -0.2) is 37.2 Å². The topological polar surface area (TPSA) is 78.9 Å². The van der Waals surface area contributed by atoms with Crippen molar-refractivity contribution in [2.75, 3.05) is 13.2 Å². The largest absolute Gasteiger partial charge is 0.462 e. The highest BCUT2D eigenvalue weighted by atomic mass is 16.6. The molecule has 0 aromatic carbocycles. The molecular weight excluding hydrogens is 901 g/mol. The summed E-state index contributed by atoms with van der Waals surface area (Å²) in [7, 11) is 0. The third kappa shape index (κ3) is 59.1. The van der Waals surface area contributed by atoms with Gasteiger partial charge in [-0.25, -0.2) is 0 Å². The van der Waals surface area contributed by atoms with E-state index < -0.39 is 12.1 Å². The number of hydrogen-bond donors (Lipinski definition) is 0. The molecule has 0 bridgehead atoms. The van der Waals surface area contributed by atoms with Gasteiger partial charge in [-0.1, -0.05) is 259 Å². The molecule has 0 saturated carbocycles. The molecule has 0 spiro atoms. The Morgan fingerprint density at radius 2 is 0.562 bits per heavy atom. The van der Waals surface area contributed by atoms with Crippen molar-refractivity contribution < 1.29 is 28.6 Å². The number of rotatable bonds is 55. The van der Waals surface area contributed by atoms with E-state index in [1.807, 2.05) is 6.08 Å². The van der Waals surface area contributed by atoms with E-state index in [1.165, 1.54) is 154 Å². The summed E-state index contributed by atoms with van der Waals surface area (Å²) in [5, 5.41) is 0. The molecule has 0 radical (unpaired) electrons. The normalized spacial score (nSPS) is 12.8. The van der Waals surface area contributed by atoms with Gasteiger partial charge in [0.05, 0.1) is 0 Å². The molecule has 0 aromatic rings. The molecule has 6 heteroatoms. The second kappa shape index (κ2) is 60.9. The molecule has 0 rings (SSSR count). The molecule has 418 valence electrons. The summed E-state index contributed by atoms with van der Waals surface area (Å²) >= 11 is 0. The highest BCUT2D eigenvalue weighted by Gasteiger charge is 2.19. The van der Waals surface area contributed by atoms with Gasteiger partial charge < -0.3 is 14.2 Å².